The fraction of sp³-hybridized carbons (Fsp3) is 0.538. The SMILES string of the molecule is Cc1cc(C)c(S(=O)(=O)N2CCCC2)cc1CN. The maximum atomic E-state index is 12.5. The molecule has 1 aromatic rings. The van der Waals surface area contributed by atoms with Gasteiger partial charge in [0.2, 0.25) is 10.0 Å². The molecule has 2 rings (SSSR count). The minimum atomic E-state index is -3.34. The Kier molecular flexibility index (Phi) is 3.75. The molecule has 1 heterocycles. The number of sulfonamides is 1. The molecule has 0 spiro atoms. The number of rotatable bonds is 3. The molecule has 0 radical (unpaired) electrons. The summed E-state index contributed by atoms with van der Waals surface area (Å²) >= 11 is 0. The van der Waals surface area contributed by atoms with Gasteiger partial charge in [0, 0.05) is 19.6 Å². The fourth-order valence-electron chi connectivity index (χ4n) is 2.44. The second-order valence-corrected chi connectivity index (χ2v) is 6.77. The Morgan fingerprint density at radius 2 is 1.78 bits per heavy atom. The summed E-state index contributed by atoms with van der Waals surface area (Å²) in [6.45, 7) is 5.44. The zero-order valence-corrected chi connectivity index (χ0v) is 11.8. The summed E-state index contributed by atoms with van der Waals surface area (Å²) in [5.41, 5.74) is 8.41. The lowest BCUT2D eigenvalue weighted by Crippen LogP contribution is -2.28. The zero-order valence-electron chi connectivity index (χ0n) is 10.9. The number of nitrogens with two attached hydrogens (primary N) is 1. The van der Waals surface area contributed by atoms with E-state index in [1.165, 1.54) is 0 Å². The van der Waals surface area contributed by atoms with E-state index < -0.39 is 10.0 Å². The molecule has 0 unspecified atom stereocenters. The van der Waals surface area contributed by atoms with Crippen molar-refractivity contribution < 1.29 is 8.42 Å². The molecule has 1 aromatic carbocycles. The van der Waals surface area contributed by atoms with E-state index in [-0.39, 0.29) is 0 Å². The largest absolute Gasteiger partial charge is 0.326 e. The van der Waals surface area contributed by atoms with Crippen molar-refractivity contribution in [2.75, 3.05) is 13.1 Å². The lowest BCUT2D eigenvalue weighted by molar-refractivity contribution is 0.477. The topological polar surface area (TPSA) is 63.4 Å². The van der Waals surface area contributed by atoms with Crippen LogP contribution >= 0.6 is 0 Å². The first-order chi connectivity index (χ1) is 8.46. The molecular formula is C13H20N2O2S. The van der Waals surface area contributed by atoms with Crippen LogP contribution in [0.15, 0.2) is 17.0 Å². The van der Waals surface area contributed by atoms with Crippen LogP contribution in [0.3, 0.4) is 0 Å². The lowest BCUT2D eigenvalue weighted by Gasteiger charge is -2.18. The normalized spacial score (nSPS) is 17.3. The Bertz CT molecular complexity index is 546. The van der Waals surface area contributed by atoms with Gasteiger partial charge in [0.1, 0.15) is 0 Å². The van der Waals surface area contributed by atoms with Gasteiger partial charge in [0.05, 0.1) is 4.90 Å². The molecule has 1 saturated heterocycles. The number of hydrogen-bond donors (Lipinski definition) is 1. The number of nitrogens with zero attached hydrogens (tertiary/aromatic N) is 1. The lowest BCUT2D eigenvalue weighted by atomic mass is 10.1. The monoisotopic (exact) mass is 268 g/mol. The molecule has 1 fully saturated rings. The Labute approximate surface area is 109 Å². The van der Waals surface area contributed by atoms with Crippen LogP contribution in [0.4, 0.5) is 0 Å². The summed E-state index contributed by atoms with van der Waals surface area (Å²) in [6, 6.07) is 3.64. The standard InChI is InChI=1S/C13H20N2O2S/c1-10-7-11(2)13(8-12(10)9-14)18(16,17)15-5-3-4-6-15/h7-8H,3-6,9,14H2,1-2H3. The second kappa shape index (κ2) is 4.99. The van der Waals surface area contributed by atoms with Crippen LogP contribution in [0, 0.1) is 13.8 Å². The van der Waals surface area contributed by atoms with E-state index >= 15 is 0 Å². The first kappa shape index (κ1) is 13.5. The minimum absolute atomic E-state index is 0.370. The van der Waals surface area contributed by atoms with Crippen molar-refractivity contribution in [2.24, 2.45) is 5.73 Å². The number of hydrogen-bond acceptors (Lipinski definition) is 3. The molecule has 0 aromatic heterocycles. The van der Waals surface area contributed by atoms with E-state index in [0.29, 0.717) is 24.5 Å². The molecule has 5 heteroatoms. The highest BCUT2D eigenvalue weighted by atomic mass is 32.2. The predicted octanol–water partition coefficient (Wildman–Crippen LogP) is 1.55. The van der Waals surface area contributed by atoms with Gasteiger partial charge < -0.3 is 5.73 Å². The Hall–Kier alpha value is -0.910. The summed E-state index contributed by atoms with van der Waals surface area (Å²) in [5, 5.41) is 0. The highest BCUT2D eigenvalue weighted by Gasteiger charge is 2.28. The van der Waals surface area contributed by atoms with E-state index in [4.69, 9.17) is 5.73 Å². The van der Waals surface area contributed by atoms with Crippen LogP contribution in [-0.2, 0) is 16.6 Å². The number of aryl methyl sites for hydroxylation is 2. The van der Waals surface area contributed by atoms with E-state index in [9.17, 15) is 8.42 Å². The smallest absolute Gasteiger partial charge is 0.243 e. The maximum Gasteiger partial charge on any atom is 0.243 e. The van der Waals surface area contributed by atoms with E-state index in [2.05, 4.69) is 0 Å². The second-order valence-electron chi connectivity index (χ2n) is 4.86. The van der Waals surface area contributed by atoms with Crippen molar-refractivity contribution in [3.05, 3.63) is 28.8 Å². The van der Waals surface area contributed by atoms with Crippen LogP contribution in [-0.4, -0.2) is 25.8 Å². The summed E-state index contributed by atoms with van der Waals surface area (Å²) in [5.74, 6) is 0. The van der Waals surface area contributed by atoms with Crippen molar-refractivity contribution in [2.45, 2.75) is 38.1 Å². The third-order valence-electron chi connectivity index (χ3n) is 3.54. The Morgan fingerprint density at radius 1 is 1.17 bits per heavy atom. The quantitative estimate of drug-likeness (QED) is 0.904. The molecule has 0 aliphatic carbocycles. The van der Waals surface area contributed by atoms with Gasteiger partial charge in [-0.3, -0.25) is 0 Å². The summed E-state index contributed by atoms with van der Waals surface area (Å²) < 4.78 is 26.6. The van der Waals surface area contributed by atoms with Crippen LogP contribution in [0.25, 0.3) is 0 Å². The van der Waals surface area contributed by atoms with Crippen molar-refractivity contribution >= 4 is 10.0 Å². The Morgan fingerprint density at radius 3 is 2.33 bits per heavy atom. The van der Waals surface area contributed by atoms with Crippen molar-refractivity contribution in [3.63, 3.8) is 0 Å². The predicted molar refractivity (Wildman–Crippen MR) is 71.8 cm³/mol. The van der Waals surface area contributed by atoms with Gasteiger partial charge in [0.15, 0.2) is 0 Å². The fourth-order valence-corrected chi connectivity index (χ4v) is 4.21. The molecular weight excluding hydrogens is 248 g/mol. The highest BCUT2D eigenvalue weighted by Crippen LogP contribution is 2.26. The van der Waals surface area contributed by atoms with Gasteiger partial charge in [-0.05, 0) is 49.4 Å². The van der Waals surface area contributed by atoms with E-state index in [1.54, 1.807) is 10.4 Å². The summed E-state index contributed by atoms with van der Waals surface area (Å²) in [6.07, 6.45) is 1.90. The highest BCUT2D eigenvalue weighted by molar-refractivity contribution is 7.89. The zero-order chi connectivity index (χ0) is 13.3. The van der Waals surface area contributed by atoms with E-state index in [0.717, 1.165) is 29.5 Å². The van der Waals surface area contributed by atoms with Crippen molar-refractivity contribution in [3.8, 4) is 0 Å². The van der Waals surface area contributed by atoms with Gasteiger partial charge in [-0.15, -0.1) is 0 Å². The molecule has 0 atom stereocenters. The van der Waals surface area contributed by atoms with Gasteiger partial charge in [-0.2, -0.15) is 4.31 Å². The third kappa shape index (κ3) is 2.30. The number of benzene rings is 1. The average molecular weight is 268 g/mol. The van der Waals surface area contributed by atoms with Gasteiger partial charge in [-0.1, -0.05) is 6.07 Å². The maximum absolute atomic E-state index is 12.5. The molecule has 1 aliphatic heterocycles. The molecule has 0 saturated carbocycles. The van der Waals surface area contributed by atoms with Gasteiger partial charge in [-0.25, -0.2) is 8.42 Å². The van der Waals surface area contributed by atoms with Crippen LogP contribution < -0.4 is 5.73 Å². The molecule has 0 amide bonds. The van der Waals surface area contributed by atoms with Crippen molar-refractivity contribution in [1.29, 1.82) is 0 Å². The molecule has 18 heavy (non-hydrogen) atoms. The average Bonchev–Trinajstić information content (AvgIpc) is 2.82. The first-order valence-electron chi connectivity index (χ1n) is 6.27. The van der Waals surface area contributed by atoms with Crippen molar-refractivity contribution in [1.82, 2.24) is 4.31 Å². The summed E-state index contributed by atoms with van der Waals surface area (Å²) in [7, 11) is -3.34. The third-order valence-corrected chi connectivity index (χ3v) is 5.58. The van der Waals surface area contributed by atoms with E-state index in [1.807, 2.05) is 19.9 Å². The molecule has 4 nitrogen and oxygen atoms in total. The van der Waals surface area contributed by atoms with Gasteiger partial charge in [0.25, 0.3) is 0 Å². The van der Waals surface area contributed by atoms with Gasteiger partial charge >= 0.3 is 0 Å². The molecule has 1 aliphatic rings. The molecule has 2 N–H and O–H groups in total. The van der Waals surface area contributed by atoms with Crippen LogP contribution in [0.5, 0.6) is 0 Å². The first-order valence-corrected chi connectivity index (χ1v) is 7.71. The Balaban J connectivity index is 2.49. The van der Waals surface area contributed by atoms with Crippen LogP contribution in [0.2, 0.25) is 0 Å². The molecule has 100 valence electrons. The summed E-state index contributed by atoms with van der Waals surface area (Å²) in [4.78, 5) is 0.412. The van der Waals surface area contributed by atoms with Crippen LogP contribution in [0.1, 0.15) is 29.5 Å². The molecule has 0 bridgehead atoms. The minimum Gasteiger partial charge on any atom is -0.326 e.